The Hall–Kier alpha value is -2.81. The first kappa shape index (κ1) is 35.4. The molecule has 2 aromatic rings. The molecule has 0 aliphatic carbocycles. The van der Waals surface area contributed by atoms with Crippen LogP contribution in [-0.4, -0.2) is 37.1 Å². The molecule has 0 radical (unpaired) electrons. The van der Waals surface area contributed by atoms with Gasteiger partial charge in [-0.2, -0.15) is 10.2 Å². The van der Waals surface area contributed by atoms with Crippen LogP contribution >= 0.6 is 0 Å². The summed E-state index contributed by atoms with van der Waals surface area (Å²) in [6, 6.07) is 15.4. The maximum Gasteiger partial charge on any atom is 0.240 e. The van der Waals surface area contributed by atoms with Crippen LogP contribution in [0.5, 0.6) is 0 Å². The third kappa shape index (κ3) is 10.8. The monoisotopic (exact) mass is 608 g/mol. The van der Waals surface area contributed by atoms with Crippen LogP contribution in [0.15, 0.2) is 99.0 Å². The largest absolute Gasteiger partial charge is 0.378 e. The summed E-state index contributed by atoms with van der Waals surface area (Å²) in [5.41, 5.74) is 2.43. The summed E-state index contributed by atoms with van der Waals surface area (Å²) in [6.07, 6.45) is 10.4. The third-order valence-electron chi connectivity index (χ3n) is 8.00. The van der Waals surface area contributed by atoms with Gasteiger partial charge in [0.15, 0.2) is 0 Å². The highest BCUT2D eigenvalue weighted by atomic mass is 32.2. The molecule has 0 fully saturated rings. The number of anilines is 1. The van der Waals surface area contributed by atoms with Gasteiger partial charge in [-0.15, -0.1) is 19.7 Å². The number of benzene rings is 2. The van der Waals surface area contributed by atoms with Gasteiger partial charge in [0.2, 0.25) is 10.0 Å². The van der Waals surface area contributed by atoms with E-state index in [1.165, 1.54) is 60.2 Å². The van der Waals surface area contributed by atoms with E-state index in [0.29, 0.717) is 12.2 Å². The summed E-state index contributed by atoms with van der Waals surface area (Å²) in [5, 5.41) is 12.3. The fraction of sp³-hybridized carbons (Fsp3) is 0.471. The standard InChI is InChI=1S/C34H52N4O2SSi/c1-28(2)42(29(3)4,30(5)6)27-17-15-13-11-9-10-12-14-16-26-35-41(39,40)34-24-20-32(21-25-34)37-36-31-18-22-33(23-19-31)38(7)8/h18-25,35H,1,3,5,9-17,26-27H2,2,4,6-8H3. The van der Waals surface area contributed by atoms with Gasteiger partial charge in [-0.25, -0.2) is 13.1 Å². The van der Waals surface area contributed by atoms with Crippen molar-refractivity contribution < 1.29 is 8.42 Å². The Morgan fingerprint density at radius 3 is 1.52 bits per heavy atom. The lowest BCUT2D eigenvalue weighted by molar-refractivity contribution is 0.553. The van der Waals surface area contributed by atoms with Gasteiger partial charge >= 0.3 is 0 Å². The second-order valence-electron chi connectivity index (χ2n) is 11.7. The van der Waals surface area contributed by atoms with Gasteiger partial charge in [0.25, 0.3) is 0 Å². The first-order valence-corrected chi connectivity index (χ1v) is 18.9. The van der Waals surface area contributed by atoms with Crippen molar-refractivity contribution >= 4 is 35.2 Å². The second kappa shape index (κ2) is 17.3. The molecule has 0 bridgehead atoms. The molecule has 0 spiro atoms. The van der Waals surface area contributed by atoms with Gasteiger partial charge < -0.3 is 4.90 Å². The van der Waals surface area contributed by atoms with Crippen molar-refractivity contribution in [1.29, 1.82) is 0 Å². The number of nitrogens with one attached hydrogen (secondary N) is 1. The van der Waals surface area contributed by atoms with Gasteiger partial charge in [0.05, 0.1) is 16.3 Å². The fourth-order valence-electron chi connectivity index (χ4n) is 5.40. The Morgan fingerprint density at radius 1 is 0.690 bits per heavy atom. The zero-order valence-electron chi connectivity index (χ0n) is 26.6. The molecule has 0 saturated carbocycles. The Kier molecular flexibility index (Phi) is 14.6. The molecule has 6 nitrogen and oxygen atoms in total. The molecule has 2 aromatic carbocycles. The highest BCUT2D eigenvalue weighted by Crippen LogP contribution is 2.34. The Morgan fingerprint density at radius 2 is 1.10 bits per heavy atom. The minimum Gasteiger partial charge on any atom is -0.378 e. The van der Waals surface area contributed by atoms with Gasteiger partial charge in [-0.1, -0.05) is 67.0 Å². The number of nitrogens with zero attached hydrogens (tertiary/aromatic N) is 3. The van der Waals surface area contributed by atoms with Crippen molar-refractivity contribution in [2.45, 2.75) is 89.5 Å². The molecular formula is C34H52N4O2SSi. The van der Waals surface area contributed by atoms with E-state index in [4.69, 9.17) is 0 Å². The summed E-state index contributed by atoms with van der Waals surface area (Å²) < 4.78 is 28.1. The van der Waals surface area contributed by atoms with Crippen LogP contribution < -0.4 is 9.62 Å². The summed E-state index contributed by atoms with van der Waals surface area (Å²) in [6.45, 7) is 19.8. The van der Waals surface area contributed by atoms with Crippen LogP contribution in [0.3, 0.4) is 0 Å². The van der Waals surface area contributed by atoms with E-state index in [9.17, 15) is 8.42 Å². The summed E-state index contributed by atoms with van der Waals surface area (Å²) in [4.78, 5) is 2.26. The van der Waals surface area contributed by atoms with Crippen LogP contribution in [0, 0.1) is 0 Å². The number of azo groups is 1. The molecule has 8 heteroatoms. The SMILES string of the molecule is C=C(C)[Si](CCCCCCCCCCCNS(=O)(=O)c1ccc(N=Nc2ccc(N(C)C)cc2)cc1)(C(=C)C)C(=C)C. The first-order valence-electron chi connectivity index (χ1n) is 15.2. The molecule has 0 aliphatic rings. The smallest absolute Gasteiger partial charge is 0.240 e. The minimum atomic E-state index is -3.53. The maximum absolute atomic E-state index is 12.7. The average Bonchev–Trinajstić information content (AvgIpc) is 2.94. The average molecular weight is 609 g/mol. The highest BCUT2D eigenvalue weighted by Gasteiger charge is 2.35. The molecule has 230 valence electrons. The number of hydrogen-bond acceptors (Lipinski definition) is 5. The van der Waals surface area contributed by atoms with E-state index in [1.807, 2.05) is 43.3 Å². The van der Waals surface area contributed by atoms with Crippen molar-refractivity contribution in [3.8, 4) is 0 Å². The normalized spacial score (nSPS) is 12.0. The van der Waals surface area contributed by atoms with Crippen LogP contribution in [-0.2, 0) is 10.0 Å². The fourth-order valence-corrected chi connectivity index (χ4v) is 10.7. The van der Waals surface area contributed by atoms with E-state index in [1.54, 1.807) is 24.3 Å². The number of unbranched alkanes of at least 4 members (excludes halogenated alkanes) is 8. The zero-order valence-corrected chi connectivity index (χ0v) is 28.4. The summed E-state index contributed by atoms with van der Waals surface area (Å²) in [5.74, 6) is 0. The molecule has 0 heterocycles. The highest BCUT2D eigenvalue weighted by molar-refractivity contribution is 7.89. The lowest BCUT2D eigenvalue weighted by atomic mass is 10.1. The second-order valence-corrected chi connectivity index (χ2v) is 18.3. The first-order chi connectivity index (χ1) is 19.9. The van der Waals surface area contributed by atoms with E-state index < -0.39 is 18.1 Å². The predicted octanol–water partition coefficient (Wildman–Crippen LogP) is 9.75. The Balaban J connectivity index is 1.61. The van der Waals surface area contributed by atoms with Crippen LogP contribution in [0.25, 0.3) is 0 Å². The third-order valence-corrected chi connectivity index (χ3v) is 15.0. The van der Waals surface area contributed by atoms with Gasteiger partial charge in [0.1, 0.15) is 8.07 Å². The van der Waals surface area contributed by atoms with E-state index in [-0.39, 0.29) is 4.90 Å². The van der Waals surface area contributed by atoms with Crippen molar-refractivity contribution in [3.05, 3.63) is 83.9 Å². The molecule has 0 saturated heterocycles. The molecule has 42 heavy (non-hydrogen) atoms. The van der Waals surface area contributed by atoms with Crippen LogP contribution in [0.1, 0.15) is 78.6 Å². The Bertz CT molecular complexity index is 1260. The summed E-state index contributed by atoms with van der Waals surface area (Å²) in [7, 11) is -1.39. The maximum atomic E-state index is 12.7. The molecule has 0 aromatic heterocycles. The van der Waals surface area contributed by atoms with Crippen molar-refractivity contribution in [2.75, 3.05) is 25.5 Å². The lowest BCUT2D eigenvalue weighted by Gasteiger charge is -2.34. The van der Waals surface area contributed by atoms with E-state index >= 15 is 0 Å². The van der Waals surface area contributed by atoms with Gasteiger partial charge in [0, 0.05) is 26.3 Å². The van der Waals surface area contributed by atoms with Crippen molar-refractivity contribution in [2.24, 2.45) is 10.2 Å². The van der Waals surface area contributed by atoms with Crippen LogP contribution in [0.2, 0.25) is 6.04 Å². The van der Waals surface area contributed by atoms with Crippen LogP contribution in [0.4, 0.5) is 17.1 Å². The molecular weight excluding hydrogens is 557 g/mol. The summed E-state index contributed by atoms with van der Waals surface area (Å²) >= 11 is 0. The topological polar surface area (TPSA) is 74.1 Å². The van der Waals surface area contributed by atoms with Crippen molar-refractivity contribution in [1.82, 2.24) is 4.72 Å². The number of sulfonamides is 1. The van der Waals surface area contributed by atoms with E-state index in [2.05, 4.69) is 55.5 Å². The van der Waals surface area contributed by atoms with Crippen molar-refractivity contribution in [3.63, 3.8) is 0 Å². The van der Waals surface area contributed by atoms with E-state index in [0.717, 1.165) is 30.6 Å². The molecule has 0 atom stereocenters. The number of hydrogen-bond donors (Lipinski definition) is 1. The predicted molar refractivity (Wildman–Crippen MR) is 183 cm³/mol. The van der Waals surface area contributed by atoms with Gasteiger partial charge in [-0.3, -0.25) is 0 Å². The zero-order chi connectivity index (χ0) is 31.2. The Labute approximate surface area is 256 Å². The molecule has 1 N–H and O–H groups in total. The quantitative estimate of drug-likeness (QED) is 0.0924. The molecule has 2 rings (SSSR count). The molecule has 0 aliphatic heterocycles. The molecule has 0 unspecified atom stereocenters. The lowest BCUT2D eigenvalue weighted by Crippen LogP contribution is -2.39. The van der Waals surface area contributed by atoms with Gasteiger partial charge in [-0.05, 0) is 81.8 Å². The number of rotatable bonds is 20. The minimum absolute atomic E-state index is 0.242. The number of allylic oxidation sites excluding steroid dienone is 3. The molecule has 0 amide bonds.